The molecule has 1 saturated heterocycles. The van der Waals surface area contributed by atoms with Crippen molar-refractivity contribution in [3.8, 4) is 17.3 Å². The first-order chi connectivity index (χ1) is 14.9. The zero-order valence-electron chi connectivity index (χ0n) is 17.8. The Hall–Kier alpha value is -3.07. The molecule has 2 aromatic heterocycles. The smallest absolute Gasteiger partial charge is 0.233 e. The van der Waals surface area contributed by atoms with Crippen molar-refractivity contribution in [2.45, 2.75) is 32.0 Å². The molecule has 1 atom stereocenters. The van der Waals surface area contributed by atoms with E-state index in [0.717, 1.165) is 11.3 Å². The number of nitrogens with zero attached hydrogens (tertiary/aromatic N) is 5. The average molecular weight is 440 g/mol. The number of hydrogen-bond donors (Lipinski definition) is 0. The first-order valence-corrected chi connectivity index (χ1v) is 11.2. The van der Waals surface area contributed by atoms with E-state index in [1.54, 1.807) is 18.1 Å². The van der Waals surface area contributed by atoms with Crippen LogP contribution < -0.4 is 0 Å². The van der Waals surface area contributed by atoms with Gasteiger partial charge >= 0.3 is 0 Å². The molecule has 3 aromatic rings. The summed E-state index contributed by atoms with van der Waals surface area (Å²) in [4.78, 5) is 28.2. The van der Waals surface area contributed by atoms with Crippen molar-refractivity contribution in [1.29, 1.82) is 0 Å². The maximum Gasteiger partial charge on any atom is 0.233 e. The lowest BCUT2D eigenvalue weighted by molar-refractivity contribution is -0.139. The number of piperazine rings is 1. The van der Waals surface area contributed by atoms with Crippen molar-refractivity contribution in [3.05, 3.63) is 48.2 Å². The minimum Gasteiger partial charge on any atom is -0.461 e. The van der Waals surface area contributed by atoms with Crippen LogP contribution in [0.3, 0.4) is 0 Å². The van der Waals surface area contributed by atoms with Crippen molar-refractivity contribution in [2.75, 3.05) is 25.4 Å². The van der Waals surface area contributed by atoms with Crippen LogP contribution in [-0.4, -0.2) is 67.8 Å². The van der Waals surface area contributed by atoms with Crippen molar-refractivity contribution in [1.82, 2.24) is 24.6 Å². The van der Waals surface area contributed by atoms with Crippen LogP contribution in [0.15, 0.2) is 52.2 Å². The van der Waals surface area contributed by atoms with E-state index in [0.29, 0.717) is 36.4 Å². The van der Waals surface area contributed by atoms with E-state index in [2.05, 4.69) is 10.2 Å². The number of carbonyl (C=O) groups is 2. The Labute approximate surface area is 185 Å². The highest BCUT2D eigenvalue weighted by Crippen LogP contribution is 2.28. The van der Waals surface area contributed by atoms with Crippen LogP contribution in [0.1, 0.15) is 19.4 Å². The molecular weight excluding hydrogens is 414 g/mol. The number of hydrogen-bond acceptors (Lipinski definition) is 6. The average Bonchev–Trinajstić information content (AvgIpc) is 3.42. The molecule has 0 bridgehead atoms. The topological polar surface area (TPSA) is 84.5 Å². The molecule has 0 radical (unpaired) electrons. The van der Waals surface area contributed by atoms with Gasteiger partial charge in [-0.15, -0.1) is 10.2 Å². The molecule has 8 nitrogen and oxygen atoms in total. The highest BCUT2D eigenvalue weighted by atomic mass is 32.2. The minimum atomic E-state index is 0.0157. The van der Waals surface area contributed by atoms with E-state index in [1.807, 2.05) is 59.7 Å². The zero-order chi connectivity index (χ0) is 22.0. The third-order valence-electron chi connectivity index (χ3n) is 5.38. The molecule has 0 spiro atoms. The number of amides is 2. The van der Waals surface area contributed by atoms with E-state index in [-0.39, 0.29) is 23.6 Å². The molecule has 1 aliphatic rings. The monoisotopic (exact) mass is 439 g/mol. The Kier molecular flexibility index (Phi) is 6.13. The van der Waals surface area contributed by atoms with E-state index < -0.39 is 0 Å². The SMILES string of the molecule is CC(=O)N1CCN(C(=O)CSc2nnc(-c3ccco3)n2-c2ccc(C)cc2)CC1C. The largest absolute Gasteiger partial charge is 0.461 e. The number of carbonyl (C=O) groups excluding carboxylic acids is 2. The van der Waals surface area contributed by atoms with Gasteiger partial charge in [0, 0.05) is 38.3 Å². The number of furan rings is 1. The van der Waals surface area contributed by atoms with Gasteiger partial charge in [0.05, 0.1) is 12.0 Å². The second kappa shape index (κ2) is 8.97. The molecular formula is C22H25N5O3S. The molecule has 2 amide bonds. The van der Waals surface area contributed by atoms with Crippen LogP contribution in [-0.2, 0) is 9.59 Å². The zero-order valence-corrected chi connectivity index (χ0v) is 18.6. The summed E-state index contributed by atoms with van der Waals surface area (Å²) in [7, 11) is 0. The van der Waals surface area contributed by atoms with Gasteiger partial charge in [-0.3, -0.25) is 14.2 Å². The molecule has 162 valence electrons. The van der Waals surface area contributed by atoms with Gasteiger partial charge in [-0.05, 0) is 38.1 Å². The predicted molar refractivity (Wildman–Crippen MR) is 118 cm³/mol. The van der Waals surface area contributed by atoms with Crippen LogP contribution in [0.4, 0.5) is 0 Å². The molecule has 0 saturated carbocycles. The molecule has 3 heterocycles. The van der Waals surface area contributed by atoms with Gasteiger partial charge < -0.3 is 14.2 Å². The van der Waals surface area contributed by atoms with Crippen LogP contribution >= 0.6 is 11.8 Å². The minimum absolute atomic E-state index is 0.0157. The van der Waals surface area contributed by atoms with Crippen molar-refractivity contribution >= 4 is 23.6 Å². The fourth-order valence-corrected chi connectivity index (χ4v) is 4.58. The fourth-order valence-electron chi connectivity index (χ4n) is 3.72. The molecule has 1 aliphatic heterocycles. The third kappa shape index (κ3) is 4.51. The summed E-state index contributed by atoms with van der Waals surface area (Å²) in [6.45, 7) is 7.22. The summed E-state index contributed by atoms with van der Waals surface area (Å²) >= 11 is 1.35. The summed E-state index contributed by atoms with van der Waals surface area (Å²) in [6.07, 6.45) is 1.60. The molecule has 31 heavy (non-hydrogen) atoms. The van der Waals surface area contributed by atoms with Gasteiger partial charge in [0.25, 0.3) is 0 Å². The number of aromatic nitrogens is 3. The van der Waals surface area contributed by atoms with Gasteiger partial charge in [0.15, 0.2) is 10.9 Å². The van der Waals surface area contributed by atoms with Gasteiger partial charge in [0.2, 0.25) is 17.6 Å². The van der Waals surface area contributed by atoms with Crippen LogP contribution in [0.5, 0.6) is 0 Å². The summed E-state index contributed by atoms with van der Waals surface area (Å²) in [5.74, 6) is 1.52. The van der Waals surface area contributed by atoms with E-state index in [1.165, 1.54) is 11.8 Å². The number of thioether (sulfide) groups is 1. The molecule has 9 heteroatoms. The Morgan fingerprint density at radius 1 is 1.16 bits per heavy atom. The van der Waals surface area contributed by atoms with Crippen molar-refractivity contribution in [2.24, 2.45) is 0 Å². The second-order valence-electron chi connectivity index (χ2n) is 7.64. The quantitative estimate of drug-likeness (QED) is 0.568. The lowest BCUT2D eigenvalue weighted by Gasteiger charge is -2.39. The van der Waals surface area contributed by atoms with E-state index >= 15 is 0 Å². The predicted octanol–water partition coefficient (Wildman–Crippen LogP) is 3.01. The Balaban J connectivity index is 1.52. The fraction of sp³-hybridized carbons (Fsp3) is 0.364. The highest BCUT2D eigenvalue weighted by Gasteiger charge is 2.28. The molecule has 4 rings (SSSR count). The molecule has 0 N–H and O–H groups in total. The standard InChI is InChI=1S/C22H25N5O3S/c1-15-6-8-18(9-7-15)27-21(19-5-4-12-30-19)23-24-22(27)31-14-20(29)25-10-11-26(17(3)28)16(2)13-25/h4-9,12,16H,10-11,13-14H2,1-3H3. The lowest BCUT2D eigenvalue weighted by atomic mass is 10.2. The lowest BCUT2D eigenvalue weighted by Crippen LogP contribution is -2.55. The molecule has 1 aromatic carbocycles. The van der Waals surface area contributed by atoms with Crippen LogP contribution in [0.25, 0.3) is 17.3 Å². The van der Waals surface area contributed by atoms with Gasteiger partial charge in [0.1, 0.15) is 0 Å². The van der Waals surface area contributed by atoms with E-state index in [4.69, 9.17) is 4.42 Å². The van der Waals surface area contributed by atoms with E-state index in [9.17, 15) is 9.59 Å². The van der Waals surface area contributed by atoms with Crippen LogP contribution in [0.2, 0.25) is 0 Å². The van der Waals surface area contributed by atoms with Crippen LogP contribution in [0, 0.1) is 6.92 Å². The summed E-state index contributed by atoms with van der Waals surface area (Å²) in [6, 6.07) is 11.7. The third-order valence-corrected chi connectivity index (χ3v) is 6.29. The molecule has 1 fully saturated rings. The summed E-state index contributed by atoms with van der Waals surface area (Å²) < 4.78 is 7.45. The van der Waals surface area contributed by atoms with Crippen molar-refractivity contribution < 1.29 is 14.0 Å². The normalized spacial score (nSPS) is 16.5. The maximum absolute atomic E-state index is 12.8. The summed E-state index contributed by atoms with van der Waals surface area (Å²) in [5, 5.41) is 9.27. The summed E-state index contributed by atoms with van der Waals surface area (Å²) in [5.41, 5.74) is 2.06. The molecule has 0 aliphatic carbocycles. The number of rotatable bonds is 5. The van der Waals surface area contributed by atoms with Gasteiger partial charge in [-0.2, -0.15) is 0 Å². The highest BCUT2D eigenvalue weighted by molar-refractivity contribution is 7.99. The second-order valence-corrected chi connectivity index (χ2v) is 8.59. The first kappa shape index (κ1) is 21.2. The van der Waals surface area contributed by atoms with Crippen molar-refractivity contribution in [3.63, 3.8) is 0 Å². The first-order valence-electron chi connectivity index (χ1n) is 10.2. The Morgan fingerprint density at radius 3 is 2.58 bits per heavy atom. The van der Waals surface area contributed by atoms with Gasteiger partial charge in [-0.25, -0.2) is 0 Å². The Bertz CT molecular complexity index is 1060. The van der Waals surface area contributed by atoms with Gasteiger partial charge in [-0.1, -0.05) is 29.5 Å². The Morgan fingerprint density at radius 2 is 1.94 bits per heavy atom. The number of benzene rings is 1. The number of aryl methyl sites for hydroxylation is 1. The maximum atomic E-state index is 12.8. The molecule has 1 unspecified atom stereocenters.